The lowest BCUT2D eigenvalue weighted by Crippen LogP contribution is -2.65. The number of aromatic hydroxyl groups is 1. The summed E-state index contributed by atoms with van der Waals surface area (Å²) in [6.45, 7) is 13.2. The molecule has 132 valence electrons. The molecule has 1 aliphatic heterocycles. The molecule has 1 aromatic rings. The molecule has 0 aromatic heterocycles. The van der Waals surface area contributed by atoms with Crippen LogP contribution < -0.4 is 0 Å². The predicted molar refractivity (Wildman–Crippen MR) is 94.3 cm³/mol. The first-order valence-electron chi connectivity index (χ1n) is 8.78. The summed E-state index contributed by atoms with van der Waals surface area (Å²) in [6.07, 6.45) is 1.42. The van der Waals surface area contributed by atoms with Crippen LogP contribution in [0.1, 0.15) is 59.1 Å². The van der Waals surface area contributed by atoms with Gasteiger partial charge in [0.15, 0.2) is 0 Å². The van der Waals surface area contributed by atoms with Crippen molar-refractivity contribution in [2.75, 3.05) is 6.54 Å². The van der Waals surface area contributed by atoms with Gasteiger partial charge in [0.1, 0.15) is 11.4 Å². The highest BCUT2D eigenvalue weighted by molar-refractivity contribution is 5.69. The van der Waals surface area contributed by atoms with E-state index in [1.54, 1.807) is 6.07 Å². The molecule has 1 fully saturated rings. The van der Waals surface area contributed by atoms with Gasteiger partial charge in [0.05, 0.1) is 0 Å². The molecule has 4 nitrogen and oxygen atoms in total. The number of phenolic OH excluding ortho intramolecular Hbond substituents is 1. The number of carbonyl (C=O) groups is 1. The lowest BCUT2D eigenvalue weighted by Gasteiger charge is -2.60. The van der Waals surface area contributed by atoms with E-state index in [9.17, 15) is 9.90 Å². The van der Waals surface area contributed by atoms with Gasteiger partial charge in [-0.15, -0.1) is 0 Å². The fourth-order valence-electron chi connectivity index (χ4n) is 4.46. The van der Waals surface area contributed by atoms with E-state index in [1.165, 1.54) is 5.56 Å². The number of hydrogen-bond acceptors (Lipinski definition) is 3. The van der Waals surface area contributed by atoms with Gasteiger partial charge in [-0.2, -0.15) is 0 Å². The number of fused-ring (bicyclic) bond motifs is 4. The zero-order valence-electron chi connectivity index (χ0n) is 15.6. The van der Waals surface area contributed by atoms with Crippen LogP contribution in [0.4, 0.5) is 4.79 Å². The highest BCUT2D eigenvalue weighted by Crippen LogP contribution is 2.56. The molecule has 1 amide bonds. The molecule has 4 heteroatoms. The summed E-state index contributed by atoms with van der Waals surface area (Å²) in [6, 6.07) is 5.77. The molecule has 0 spiro atoms. The number of benzene rings is 1. The number of likely N-dealkylation sites (tertiary alicyclic amines) is 1. The monoisotopic (exact) mass is 331 g/mol. The molecule has 3 rings (SSSR count). The fourth-order valence-corrected chi connectivity index (χ4v) is 4.46. The molecule has 0 radical (unpaired) electrons. The maximum atomic E-state index is 12.7. The lowest BCUT2D eigenvalue weighted by molar-refractivity contribution is -0.0521. The van der Waals surface area contributed by atoms with E-state index in [0.717, 1.165) is 18.4 Å². The van der Waals surface area contributed by atoms with Gasteiger partial charge < -0.3 is 14.7 Å². The Balaban J connectivity index is 2.02. The SMILES string of the molecule is CC(C)(C)OC(=O)N1CC[C@@]2(C)c3ccc(O)cc3CC1C2(C)C. The van der Waals surface area contributed by atoms with Crippen molar-refractivity contribution in [3.63, 3.8) is 0 Å². The second-order valence-corrected chi connectivity index (χ2v) is 9.04. The molecule has 0 saturated carbocycles. The van der Waals surface area contributed by atoms with Crippen molar-refractivity contribution in [3.05, 3.63) is 29.3 Å². The first-order chi connectivity index (χ1) is 11.0. The van der Waals surface area contributed by atoms with E-state index in [0.29, 0.717) is 12.3 Å². The molecule has 2 bridgehead atoms. The maximum Gasteiger partial charge on any atom is 0.410 e. The summed E-state index contributed by atoms with van der Waals surface area (Å²) >= 11 is 0. The minimum Gasteiger partial charge on any atom is -0.508 e. The van der Waals surface area contributed by atoms with Crippen LogP contribution in [-0.4, -0.2) is 34.3 Å². The van der Waals surface area contributed by atoms with Crippen molar-refractivity contribution in [1.29, 1.82) is 0 Å². The highest BCUT2D eigenvalue weighted by atomic mass is 16.6. The molecule has 1 aliphatic carbocycles. The summed E-state index contributed by atoms with van der Waals surface area (Å²) in [5.74, 6) is 0.291. The average Bonchev–Trinajstić information content (AvgIpc) is 2.40. The van der Waals surface area contributed by atoms with Crippen molar-refractivity contribution >= 4 is 6.09 Å². The van der Waals surface area contributed by atoms with E-state index < -0.39 is 5.60 Å². The van der Waals surface area contributed by atoms with E-state index in [2.05, 4.69) is 26.8 Å². The quantitative estimate of drug-likeness (QED) is 0.773. The smallest absolute Gasteiger partial charge is 0.410 e. The number of phenols is 1. The van der Waals surface area contributed by atoms with E-state index in [1.807, 2.05) is 31.7 Å². The molecular weight excluding hydrogens is 302 g/mol. The van der Waals surface area contributed by atoms with Gasteiger partial charge in [-0.25, -0.2) is 4.79 Å². The van der Waals surface area contributed by atoms with Crippen LogP contribution in [0.25, 0.3) is 0 Å². The molecular formula is C20H29NO3. The Bertz CT molecular complexity index is 674. The number of ether oxygens (including phenoxy) is 1. The molecule has 1 N–H and O–H groups in total. The Hall–Kier alpha value is -1.71. The largest absolute Gasteiger partial charge is 0.508 e. The predicted octanol–water partition coefficient (Wildman–Crippen LogP) is 4.24. The summed E-state index contributed by atoms with van der Waals surface area (Å²) in [5.41, 5.74) is 1.89. The first kappa shape index (κ1) is 17.1. The fraction of sp³-hybridized carbons (Fsp3) is 0.650. The third-order valence-electron chi connectivity index (χ3n) is 6.21. The Morgan fingerprint density at radius 3 is 2.58 bits per heavy atom. The zero-order chi connectivity index (χ0) is 17.9. The van der Waals surface area contributed by atoms with E-state index >= 15 is 0 Å². The maximum absolute atomic E-state index is 12.7. The first-order valence-corrected chi connectivity index (χ1v) is 8.78. The minimum atomic E-state index is -0.493. The number of hydrogen-bond donors (Lipinski definition) is 1. The van der Waals surface area contributed by atoms with Gasteiger partial charge >= 0.3 is 6.09 Å². The van der Waals surface area contributed by atoms with Gasteiger partial charge in [-0.1, -0.05) is 26.8 Å². The van der Waals surface area contributed by atoms with Crippen LogP contribution in [0, 0.1) is 5.41 Å². The third kappa shape index (κ3) is 2.47. The van der Waals surface area contributed by atoms with E-state index in [-0.39, 0.29) is 23.0 Å². The Labute approximate surface area is 144 Å². The zero-order valence-corrected chi connectivity index (χ0v) is 15.6. The van der Waals surface area contributed by atoms with Crippen molar-refractivity contribution in [3.8, 4) is 5.75 Å². The van der Waals surface area contributed by atoms with Crippen LogP contribution in [0.2, 0.25) is 0 Å². The van der Waals surface area contributed by atoms with Crippen LogP contribution in [0.3, 0.4) is 0 Å². The normalized spacial score (nSPS) is 28.2. The van der Waals surface area contributed by atoms with Crippen molar-refractivity contribution in [1.82, 2.24) is 4.90 Å². The molecule has 2 atom stereocenters. The number of rotatable bonds is 0. The summed E-state index contributed by atoms with van der Waals surface area (Å²) < 4.78 is 5.64. The van der Waals surface area contributed by atoms with Gasteiger partial charge in [-0.05, 0) is 62.3 Å². The summed E-state index contributed by atoms with van der Waals surface area (Å²) in [4.78, 5) is 14.6. The van der Waals surface area contributed by atoms with Crippen molar-refractivity contribution in [2.45, 2.75) is 71.4 Å². The number of nitrogens with zero attached hydrogens (tertiary/aromatic N) is 1. The Morgan fingerprint density at radius 1 is 1.29 bits per heavy atom. The molecule has 2 aliphatic rings. The highest BCUT2D eigenvalue weighted by Gasteiger charge is 2.57. The van der Waals surface area contributed by atoms with Gasteiger partial charge in [0, 0.05) is 18.0 Å². The number of amides is 1. The average molecular weight is 331 g/mol. The van der Waals surface area contributed by atoms with Gasteiger partial charge in [0.2, 0.25) is 0 Å². The van der Waals surface area contributed by atoms with E-state index in [4.69, 9.17) is 4.74 Å². The topological polar surface area (TPSA) is 49.8 Å². The van der Waals surface area contributed by atoms with Crippen LogP contribution in [0.5, 0.6) is 5.75 Å². The molecule has 1 heterocycles. The van der Waals surface area contributed by atoms with Gasteiger partial charge in [0.25, 0.3) is 0 Å². The van der Waals surface area contributed by atoms with Crippen LogP contribution >= 0.6 is 0 Å². The second-order valence-electron chi connectivity index (χ2n) is 9.04. The Kier molecular flexibility index (Phi) is 3.67. The molecule has 24 heavy (non-hydrogen) atoms. The molecule has 1 saturated heterocycles. The second kappa shape index (κ2) is 5.14. The van der Waals surface area contributed by atoms with Gasteiger partial charge in [-0.3, -0.25) is 0 Å². The van der Waals surface area contributed by atoms with Crippen molar-refractivity contribution in [2.24, 2.45) is 5.41 Å². The van der Waals surface area contributed by atoms with Crippen molar-refractivity contribution < 1.29 is 14.6 Å². The summed E-state index contributed by atoms with van der Waals surface area (Å²) in [5, 5.41) is 9.89. The van der Waals surface area contributed by atoms with Crippen LogP contribution in [-0.2, 0) is 16.6 Å². The summed E-state index contributed by atoms with van der Waals surface area (Å²) in [7, 11) is 0. The third-order valence-corrected chi connectivity index (χ3v) is 6.21. The molecule has 1 unspecified atom stereocenters. The Morgan fingerprint density at radius 2 is 1.96 bits per heavy atom. The standard InChI is InChI=1S/C20H29NO3/c1-18(2,3)24-17(23)21-10-9-20(6)15-8-7-14(22)11-13(15)12-16(21)19(20,4)5/h7-8,11,16,22H,9-10,12H2,1-6H3/t16?,20-/m0/s1. The lowest BCUT2D eigenvalue weighted by atomic mass is 9.51. The number of carbonyl (C=O) groups excluding carboxylic acids is 1. The molecule has 1 aromatic carbocycles. The number of piperidine rings is 1. The minimum absolute atomic E-state index is 0.0164. The van der Waals surface area contributed by atoms with Crippen LogP contribution in [0.15, 0.2) is 18.2 Å².